The third-order valence-electron chi connectivity index (χ3n) is 4.78. The molecule has 4 heteroatoms. The zero-order valence-corrected chi connectivity index (χ0v) is 13.5. The number of hydrogen-bond donors (Lipinski definition) is 1. The highest BCUT2D eigenvalue weighted by molar-refractivity contribution is 5.78. The van der Waals surface area contributed by atoms with E-state index >= 15 is 0 Å². The van der Waals surface area contributed by atoms with Crippen LogP contribution >= 0.6 is 0 Å². The molecular formula is C16H32N4. The van der Waals surface area contributed by atoms with Crippen LogP contribution in [-0.4, -0.2) is 54.5 Å². The van der Waals surface area contributed by atoms with Crippen LogP contribution < -0.4 is 5.73 Å². The fourth-order valence-electron chi connectivity index (χ4n) is 3.12. The molecule has 0 amide bonds. The molecule has 2 aliphatic rings. The van der Waals surface area contributed by atoms with Crippen LogP contribution in [0.25, 0.3) is 0 Å². The van der Waals surface area contributed by atoms with Crippen LogP contribution in [0, 0.1) is 5.92 Å². The smallest absolute Gasteiger partial charge is 0.191 e. The molecule has 0 aromatic carbocycles. The number of rotatable bonds is 5. The number of hydrogen-bond acceptors (Lipinski definition) is 2. The van der Waals surface area contributed by atoms with Gasteiger partial charge in [0.2, 0.25) is 0 Å². The molecule has 1 atom stereocenters. The van der Waals surface area contributed by atoms with E-state index in [2.05, 4.69) is 30.7 Å². The lowest BCUT2D eigenvalue weighted by Gasteiger charge is -2.32. The first-order valence-electron chi connectivity index (χ1n) is 8.36. The summed E-state index contributed by atoms with van der Waals surface area (Å²) in [5, 5.41) is 0. The number of guanidine groups is 1. The Morgan fingerprint density at radius 2 is 1.80 bits per heavy atom. The van der Waals surface area contributed by atoms with Crippen molar-refractivity contribution in [3.63, 3.8) is 0 Å². The molecular weight excluding hydrogens is 248 g/mol. The largest absolute Gasteiger partial charge is 0.370 e. The van der Waals surface area contributed by atoms with Gasteiger partial charge in [0.25, 0.3) is 0 Å². The Morgan fingerprint density at radius 3 is 2.30 bits per heavy atom. The molecule has 0 spiro atoms. The number of nitrogens with zero attached hydrogens (tertiary/aromatic N) is 3. The van der Waals surface area contributed by atoms with E-state index in [0.717, 1.165) is 12.5 Å². The molecule has 4 nitrogen and oxygen atoms in total. The monoisotopic (exact) mass is 280 g/mol. The van der Waals surface area contributed by atoms with E-state index in [0.29, 0.717) is 18.0 Å². The number of nitrogens with two attached hydrogens (primary N) is 1. The zero-order chi connectivity index (χ0) is 14.5. The summed E-state index contributed by atoms with van der Waals surface area (Å²) >= 11 is 0. The minimum Gasteiger partial charge on any atom is -0.370 e. The summed E-state index contributed by atoms with van der Waals surface area (Å²) in [4.78, 5) is 9.49. The van der Waals surface area contributed by atoms with Gasteiger partial charge in [0, 0.05) is 19.1 Å². The van der Waals surface area contributed by atoms with Gasteiger partial charge in [-0.1, -0.05) is 26.7 Å². The lowest BCUT2D eigenvalue weighted by atomic mass is 10.0. The van der Waals surface area contributed by atoms with E-state index in [-0.39, 0.29) is 0 Å². The molecule has 2 fully saturated rings. The number of likely N-dealkylation sites (tertiary alicyclic amines) is 1. The van der Waals surface area contributed by atoms with Crippen molar-refractivity contribution in [1.29, 1.82) is 0 Å². The van der Waals surface area contributed by atoms with Gasteiger partial charge >= 0.3 is 0 Å². The van der Waals surface area contributed by atoms with Gasteiger partial charge in [-0.25, -0.2) is 0 Å². The van der Waals surface area contributed by atoms with Crippen molar-refractivity contribution in [2.45, 2.75) is 64.5 Å². The standard InChI is InChI=1S/C16H32N4/c1-13(2)15(20-10-6-4-5-7-11-20)12-18-16(17)19(3)14-8-9-14/h13-15H,4-12H2,1-3H3,(H2,17,18). The third kappa shape index (κ3) is 4.37. The van der Waals surface area contributed by atoms with Crippen molar-refractivity contribution in [2.24, 2.45) is 16.6 Å². The summed E-state index contributed by atoms with van der Waals surface area (Å²) < 4.78 is 0. The van der Waals surface area contributed by atoms with Crippen LogP contribution in [0.5, 0.6) is 0 Å². The minimum absolute atomic E-state index is 0.541. The Labute approximate surface area is 124 Å². The molecule has 1 saturated carbocycles. The molecule has 1 aliphatic carbocycles. The molecule has 0 aromatic rings. The minimum atomic E-state index is 0.541. The van der Waals surface area contributed by atoms with Crippen molar-refractivity contribution < 1.29 is 0 Å². The van der Waals surface area contributed by atoms with Gasteiger partial charge in [-0.3, -0.25) is 9.89 Å². The molecule has 0 bridgehead atoms. The first-order valence-corrected chi connectivity index (χ1v) is 8.36. The molecule has 20 heavy (non-hydrogen) atoms. The second-order valence-electron chi connectivity index (χ2n) is 6.80. The first kappa shape index (κ1) is 15.6. The molecule has 1 unspecified atom stereocenters. The normalized spacial score (nSPS) is 23.7. The molecule has 116 valence electrons. The van der Waals surface area contributed by atoms with Crippen molar-refractivity contribution in [1.82, 2.24) is 9.80 Å². The van der Waals surface area contributed by atoms with Crippen molar-refractivity contribution in [3.8, 4) is 0 Å². The van der Waals surface area contributed by atoms with Crippen LogP contribution in [0.15, 0.2) is 4.99 Å². The van der Waals surface area contributed by atoms with Crippen LogP contribution in [0.3, 0.4) is 0 Å². The van der Waals surface area contributed by atoms with Crippen molar-refractivity contribution in [3.05, 3.63) is 0 Å². The van der Waals surface area contributed by atoms with Gasteiger partial charge in [-0.15, -0.1) is 0 Å². The number of aliphatic imine (C=N–C) groups is 1. The van der Waals surface area contributed by atoms with E-state index in [4.69, 9.17) is 10.7 Å². The fourth-order valence-corrected chi connectivity index (χ4v) is 3.12. The van der Waals surface area contributed by atoms with Gasteiger partial charge < -0.3 is 10.6 Å². The highest BCUT2D eigenvalue weighted by Crippen LogP contribution is 2.25. The topological polar surface area (TPSA) is 44.9 Å². The van der Waals surface area contributed by atoms with Gasteiger partial charge in [0.1, 0.15) is 0 Å². The van der Waals surface area contributed by atoms with Crippen LogP contribution in [-0.2, 0) is 0 Å². The molecule has 2 N–H and O–H groups in total. The average molecular weight is 280 g/mol. The van der Waals surface area contributed by atoms with Gasteiger partial charge in [0.15, 0.2) is 5.96 Å². The van der Waals surface area contributed by atoms with E-state index in [1.807, 2.05) is 0 Å². The maximum atomic E-state index is 6.12. The summed E-state index contributed by atoms with van der Waals surface area (Å²) in [7, 11) is 2.08. The summed E-state index contributed by atoms with van der Waals surface area (Å²) in [5.41, 5.74) is 6.12. The predicted octanol–water partition coefficient (Wildman–Crippen LogP) is 2.30. The van der Waals surface area contributed by atoms with E-state index in [9.17, 15) is 0 Å². The maximum absolute atomic E-state index is 6.12. The lowest BCUT2D eigenvalue weighted by molar-refractivity contribution is 0.165. The highest BCUT2D eigenvalue weighted by Gasteiger charge is 2.28. The third-order valence-corrected chi connectivity index (χ3v) is 4.78. The first-order chi connectivity index (χ1) is 9.59. The SMILES string of the molecule is CC(C)C(CN=C(N)N(C)C1CC1)N1CCCCCC1. The van der Waals surface area contributed by atoms with Gasteiger partial charge in [0.05, 0.1) is 6.54 Å². The van der Waals surface area contributed by atoms with Crippen LogP contribution in [0.2, 0.25) is 0 Å². The Kier molecular flexibility index (Phi) is 5.70. The van der Waals surface area contributed by atoms with Crippen LogP contribution in [0.1, 0.15) is 52.4 Å². The van der Waals surface area contributed by atoms with Crippen LogP contribution in [0.4, 0.5) is 0 Å². The molecule has 2 rings (SSSR count). The molecule has 0 aromatic heterocycles. The summed E-state index contributed by atoms with van der Waals surface area (Å²) in [6.45, 7) is 7.94. The van der Waals surface area contributed by atoms with E-state index < -0.39 is 0 Å². The highest BCUT2D eigenvalue weighted by atomic mass is 15.3. The van der Waals surface area contributed by atoms with E-state index in [1.165, 1.54) is 51.6 Å². The summed E-state index contributed by atoms with van der Waals surface area (Å²) in [5.74, 6) is 1.36. The Morgan fingerprint density at radius 1 is 1.20 bits per heavy atom. The Hall–Kier alpha value is -0.770. The summed E-state index contributed by atoms with van der Waals surface area (Å²) in [6.07, 6.45) is 7.99. The zero-order valence-electron chi connectivity index (χ0n) is 13.5. The Balaban J connectivity index is 1.92. The van der Waals surface area contributed by atoms with Crippen molar-refractivity contribution >= 4 is 5.96 Å². The molecule has 1 aliphatic heterocycles. The fraction of sp³-hybridized carbons (Fsp3) is 0.938. The van der Waals surface area contributed by atoms with Gasteiger partial charge in [-0.2, -0.15) is 0 Å². The quantitative estimate of drug-likeness (QED) is 0.621. The van der Waals surface area contributed by atoms with Crippen molar-refractivity contribution in [2.75, 3.05) is 26.7 Å². The second kappa shape index (κ2) is 7.30. The predicted molar refractivity (Wildman–Crippen MR) is 85.9 cm³/mol. The second-order valence-corrected chi connectivity index (χ2v) is 6.80. The molecule has 0 radical (unpaired) electrons. The lowest BCUT2D eigenvalue weighted by Crippen LogP contribution is -2.43. The molecule has 1 saturated heterocycles. The van der Waals surface area contributed by atoms with E-state index in [1.54, 1.807) is 0 Å². The average Bonchev–Trinajstić information content (AvgIpc) is 3.24. The molecule has 1 heterocycles. The maximum Gasteiger partial charge on any atom is 0.191 e. The summed E-state index contributed by atoms with van der Waals surface area (Å²) in [6, 6.07) is 1.19. The Bertz CT molecular complexity index is 314. The van der Waals surface area contributed by atoms with Gasteiger partial charge in [-0.05, 0) is 44.7 Å².